The molecule has 0 saturated heterocycles. The fourth-order valence-corrected chi connectivity index (χ4v) is 7.31. The molecule has 55 heavy (non-hydrogen) atoms. The highest BCUT2D eigenvalue weighted by Gasteiger charge is 2.24. The Balaban J connectivity index is 1.25. The zero-order valence-electron chi connectivity index (χ0n) is 30.5. The topological polar surface area (TPSA) is 128 Å². The van der Waals surface area contributed by atoms with E-state index in [1.54, 1.807) is 60.7 Å². The molecule has 0 radical (unpaired) electrons. The molecule has 0 fully saturated rings. The number of nitrogens with zero attached hydrogens (tertiary/aromatic N) is 1. The maximum atomic E-state index is 14.0. The number of rotatable bonds is 14. The predicted molar refractivity (Wildman–Crippen MR) is 219 cm³/mol. The Morgan fingerprint density at radius 1 is 0.745 bits per heavy atom. The monoisotopic (exact) mass is 770 g/mol. The van der Waals surface area contributed by atoms with E-state index in [1.165, 1.54) is 50.5 Å². The molecule has 0 aliphatic rings. The van der Waals surface area contributed by atoms with Crippen LogP contribution in [0, 0.1) is 6.92 Å². The van der Waals surface area contributed by atoms with Crippen molar-refractivity contribution in [1.82, 2.24) is 10.3 Å². The van der Waals surface area contributed by atoms with Crippen LogP contribution < -0.4 is 30.2 Å². The smallest absolute Gasteiger partial charge is 0.272 e. The minimum absolute atomic E-state index is 0.0487. The van der Waals surface area contributed by atoms with E-state index in [1.807, 2.05) is 73.0 Å². The number of methoxy groups -OCH3 is 3. The number of anilines is 2. The van der Waals surface area contributed by atoms with E-state index < -0.39 is 17.1 Å². The number of aromatic nitrogens is 1. The van der Waals surface area contributed by atoms with Crippen molar-refractivity contribution >= 4 is 57.7 Å². The van der Waals surface area contributed by atoms with Gasteiger partial charge < -0.3 is 30.2 Å². The molecule has 6 rings (SSSR count). The van der Waals surface area contributed by atoms with Crippen LogP contribution in [-0.4, -0.2) is 44.0 Å². The molecule has 3 amide bonds. The molecule has 12 heteroatoms. The summed E-state index contributed by atoms with van der Waals surface area (Å²) in [4.78, 5) is 46.6. The van der Waals surface area contributed by atoms with Gasteiger partial charge in [-0.05, 0) is 55.0 Å². The molecule has 0 aliphatic heterocycles. The number of benzene rings is 5. The summed E-state index contributed by atoms with van der Waals surface area (Å²) in [7, 11) is 4.50. The summed E-state index contributed by atoms with van der Waals surface area (Å²) in [5.41, 5.74) is 4.94. The van der Waals surface area contributed by atoms with Gasteiger partial charge in [0, 0.05) is 38.7 Å². The number of hydrogen-bond donors (Lipinski definition) is 3. The molecule has 5 aromatic carbocycles. The zero-order chi connectivity index (χ0) is 38.7. The number of thioether (sulfide) groups is 1. The molecule has 6 aromatic rings. The van der Waals surface area contributed by atoms with Gasteiger partial charge in [0.05, 0.1) is 27.0 Å². The largest absolute Gasteiger partial charge is 0.496 e. The number of aryl methyl sites for hydroxylation is 1. The highest BCUT2D eigenvalue weighted by molar-refractivity contribution is 8.00. The standard InChI is InChI=1S/C43H38N4O6S2/c1-27-18-20-28(21-19-27)35-26-54-43(46-35)47-42(50)39(29-12-7-5-8-13-29)55-33-17-11-16-32(24-33)44-41(49)34(45-40(48)30-14-9-6-10-15-30)22-31-23-37(52-3)38(53-4)25-36(31)51-2/h5-26,39H,1-4H3,(H,44,49)(H,45,48)(H,46,47,50)/b34-22+. The van der Waals surface area contributed by atoms with Gasteiger partial charge in [-0.25, -0.2) is 4.98 Å². The maximum absolute atomic E-state index is 14.0. The lowest BCUT2D eigenvalue weighted by atomic mass is 10.1. The first-order valence-electron chi connectivity index (χ1n) is 17.1. The lowest BCUT2D eigenvalue weighted by molar-refractivity contribution is -0.116. The van der Waals surface area contributed by atoms with Crippen molar-refractivity contribution in [3.8, 4) is 28.5 Å². The Hall–Kier alpha value is -6.37. The molecular formula is C43H38N4O6S2. The molecule has 3 N–H and O–H groups in total. The van der Waals surface area contributed by atoms with Crippen LogP contribution in [0.4, 0.5) is 10.8 Å². The summed E-state index contributed by atoms with van der Waals surface area (Å²) >= 11 is 2.69. The Bertz CT molecular complexity index is 2310. The first kappa shape index (κ1) is 38.4. The van der Waals surface area contributed by atoms with Crippen molar-refractivity contribution in [2.75, 3.05) is 32.0 Å². The van der Waals surface area contributed by atoms with Gasteiger partial charge >= 0.3 is 0 Å². The molecule has 0 saturated carbocycles. The van der Waals surface area contributed by atoms with Crippen LogP contribution in [0.2, 0.25) is 0 Å². The summed E-state index contributed by atoms with van der Waals surface area (Å²) < 4.78 is 16.5. The van der Waals surface area contributed by atoms with Gasteiger partial charge in [-0.2, -0.15) is 0 Å². The van der Waals surface area contributed by atoms with Gasteiger partial charge in [-0.1, -0.05) is 84.4 Å². The van der Waals surface area contributed by atoms with Gasteiger partial charge in [-0.15, -0.1) is 23.1 Å². The van der Waals surface area contributed by atoms with E-state index >= 15 is 0 Å². The van der Waals surface area contributed by atoms with Crippen molar-refractivity contribution in [1.29, 1.82) is 0 Å². The number of ether oxygens (including phenoxy) is 3. The third kappa shape index (κ3) is 9.79. The lowest BCUT2D eigenvalue weighted by Crippen LogP contribution is -2.30. The summed E-state index contributed by atoms with van der Waals surface area (Å²) in [5, 5.41) is 10.4. The molecular weight excluding hydrogens is 733 g/mol. The third-order valence-corrected chi connectivity index (χ3v) is 10.3. The van der Waals surface area contributed by atoms with Crippen LogP contribution in [0.5, 0.6) is 17.2 Å². The van der Waals surface area contributed by atoms with Crippen molar-refractivity contribution in [2.45, 2.75) is 17.1 Å². The molecule has 0 aliphatic carbocycles. The van der Waals surface area contributed by atoms with E-state index in [0.717, 1.165) is 27.3 Å². The summed E-state index contributed by atoms with van der Waals surface area (Å²) in [6, 6.07) is 36.6. The van der Waals surface area contributed by atoms with Crippen LogP contribution in [0.1, 0.15) is 32.3 Å². The van der Waals surface area contributed by atoms with Crippen LogP contribution in [-0.2, 0) is 9.59 Å². The Kier molecular flexibility index (Phi) is 12.6. The molecule has 0 bridgehead atoms. The second kappa shape index (κ2) is 18.1. The second-order valence-corrected chi connectivity index (χ2v) is 14.1. The first-order chi connectivity index (χ1) is 26.7. The average Bonchev–Trinajstić information content (AvgIpc) is 3.68. The van der Waals surface area contributed by atoms with Crippen molar-refractivity contribution in [3.05, 3.63) is 155 Å². The van der Waals surface area contributed by atoms with Crippen LogP contribution >= 0.6 is 23.1 Å². The molecule has 1 heterocycles. The van der Waals surface area contributed by atoms with Crippen molar-refractivity contribution in [2.24, 2.45) is 0 Å². The highest BCUT2D eigenvalue weighted by atomic mass is 32.2. The van der Waals surface area contributed by atoms with Crippen LogP contribution in [0.15, 0.2) is 137 Å². The minimum atomic E-state index is -0.642. The number of hydrogen-bond acceptors (Lipinski definition) is 9. The fraction of sp³-hybridized carbons (Fsp3) is 0.116. The van der Waals surface area contributed by atoms with E-state index in [-0.39, 0.29) is 11.6 Å². The molecule has 1 unspecified atom stereocenters. The Labute approximate surface area is 327 Å². The second-order valence-electron chi connectivity index (χ2n) is 12.1. The number of carbonyl (C=O) groups is 3. The molecule has 278 valence electrons. The molecule has 1 aromatic heterocycles. The SMILES string of the molecule is COc1cc(OC)c(OC)cc1/C=C(/NC(=O)c1ccccc1)C(=O)Nc1cccc(SC(C(=O)Nc2nc(-c3ccc(C)cc3)cs2)c2ccccc2)c1. The quantitative estimate of drug-likeness (QED) is 0.0740. The van der Waals surface area contributed by atoms with Gasteiger partial charge in [0.1, 0.15) is 16.7 Å². The zero-order valence-corrected chi connectivity index (χ0v) is 32.1. The third-order valence-electron chi connectivity index (χ3n) is 8.33. The normalized spacial score (nSPS) is 11.6. The summed E-state index contributed by atoms with van der Waals surface area (Å²) in [6.45, 7) is 2.03. The van der Waals surface area contributed by atoms with Crippen molar-refractivity contribution in [3.63, 3.8) is 0 Å². The minimum Gasteiger partial charge on any atom is -0.496 e. The predicted octanol–water partition coefficient (Wildman–Crippen LogP) is 9.03. The summed E-state index contributed by atoms with van der Waals surface area (Å²) in [6.07, 6.45) is 1.51. The van der Waals surface area contributed by atoms with Gasteiger partial charge in [-0.3, -0.25) is 14.4 Å². The number of nitrogens with one attached hydrogen (secondary N) is 3. The summed E-state index contributed by atoms with van der Waals surface area (Å²) in [5.74, 6) is -0.0708. The Morgan fingerprint density at radius 2 is 1.42 bits per heavy atom. The highest BCUT2D eigenvalue weighted by Crippen LogP contribution is 2.38. The molecule has 10 nitrogen and oxygen atoms in total. The number of amides is 3. The van der Waals surface area contributed by atoms with Gasteiger partial charge in [0.25, 0.3) is 11.8 Å². The number of thiazole rings is 1. The maximum Gasteiger partial charge on any atom is 0.272 e. The van der Waals surface area contributed by atoms with Gasteiger partial charge in [0.15, 0.2) is 16.6 Å². The Morgan fingerprint density at radius 3 is 2.11 bits per heavy atom. The van der Waals surface area contributed by atoms with E-state index in [2.05, 4.69) is 20.9 Å². The van der Waals surface area contributed by atoms with Crippen molar-refractivity contribution < 1.29 is 28.6 Å². The lowest BCUT2D eigenvalue weighted by Gasteiger charge is -2.17. The van der Waals surface area contributed by atoms with E-state index in [4.69, 9.17) is 14.2 Å². The fourth-order valence-electron chi connectivity index (χ4n) is 5.50. The van der Waals surface area contributed by atoms with E-state index in [0.29, 0.717) is 39.2 Å². The van der Waals surface area contributed by atoms with Crippen LogP contribution in [0.3, 0.4) is 0 Å². The first-order valence-corrected chi connectivity index (χ1v) is 18.8. The molecule has 1 atom stereocenters. The van der Waals surface area contributed by atoms with Crippen LogP contribution in [0.25, 0.3) is 17.3 Å². The van der Waals surface area contributed by atoms with E-state index in [9.17, 15) is 14.4 Å². The molecule has 0 spiro atoms. The number of carbonyl (C=O) groups excluding carboxylic acids is 3. The average molecular weight is 771 g/mol. The van der Waals surface area contributed by atoms with Gasteiger partial charge in [0.2, 0.25) is 5.91 Å².